The van der Waals surface area contributed by atoms with Crippen LogP contribution in [0.15, 0.2) is 63.8 Å². The molecule has 2 amide bonds. The van der Waals surface area contributed by atoms with Crippen LogP contribution >= 0.6 is 15.9 Å². The number of furan rings is 1. The fourth-order valence-electron chi connectivity index (χ4n) is 2.49. The van der Waals surface area contributed by atoms with Crippen LogP contribution in [0.3, 0.4) is 0 Å². The van der Waals surface area contributed by atoms with Gasteiger partial charge >= 0.3 is 0 Å². The molecule has 1 aromatic carbocycles. The Bertz CT molecular complexity index is 912. The van der Waals surface area contributed by atoms with Gasteiger partial charge < -0.3 is 19.6 Å². The molecule has 0 unspecified atom stereocenters. The number of carbonyl (C=O) groups is 2. The molecule has 0 spiro atoms. The quantitative estimate of drug-likeness (QED) is 0.619. The first-order valence-electron chi connectivity index (χ1n) is 8.07. The van der Waals surface area contributed by atoms with Crippen molar-refractivity contribution in [2.45, 2.75) is 19.9 Å². The average molecular weight is 416 g/mol. The zero-order valence-corrected chi connectivity index (χ0v) is 15.9. The molecule has 3 aromatic rings. The maximum Gasteiger partial charge on any atom is 0.291 e. The summed E-state index contributed by atoms with van der Waals surface area (Å²) in [5, 5.41) is 5.59. The predicted octanol–water partition coefficient (Wildman–Crippen LogP) is 4.93. The Morgan fingerprint density at radius 2 is 1.65 bits per heavy atom. The molecular formula is C19H18BrN3O3. The highest BCUT2D eigenvalue weighted by Gasteiger charge is 2.15. The SMILES string of the molecule is CC(C)n1cc(Br)cc1C(=O)Nc1ccc(NC(=O)c2ccco2)cc1. The Morgan fingerprint density at radius 1 is 1.04 bits per heavy atom. The molecule has 2 heterocycles. The van der Waals surface area contributed by atoms with Gasteiger partial charge in [0.05, 0.1) is 6.26 Å². The molecule has 0 aliphatic rings. The summed E-state index contributed by atoms with van der Waals surface area (Å²) < 4.78 is 7.80. The molecule has 0 bridgehead atoms. The summed E-state index contributed by atoms with van der Waals surface area (Å²) in [5.41, 5.74) is 1.82. The lowest BCUT2D eigenvalue weighted by Gasteiger charge is -2.13. The van der Waals surface area contributed by atoms with Gasteiger partial charge in [-0.05, 0) is 72.2 Å². The molecule has 2 N–H and O–H groups in total. The van der Waals surface area contributed by atoms with Crippen LogP contribution < -0.4 is 10.6 Å². The molecule has 0 atom stereocenters. The first kappa shape index (κ1) is 18.0. The van der Waals surface area contributed by atoms with Crippen LogP contribution in [0.5, 0.6) is 0 Å². The van der Waals surface area contributed by atoms with Gasteiger partial charge in [-0.2, -0.15) is 0 Å². The van der Waals surface area contributed by atoms with E-state index in [1.807, 2.05) is 24.6 Å². The second-order valence-electron chi connectivity index (χ2n) is 6.01. The third-order valence-corrected chi connectivity index (χ3v) is 4.18. The fraction of sp³-hybridized carbons (Fsp3) is 0.158. The van der Waals surface area contributed by atoms with Crippen molar-refractivity contribution in [2.75, 3.05) is 10.6 Å². The van der Waals surface area contributed by atoms with Gasteiger partial charge in [-0.3, -0.25) is 9.59 Å². The Labute approximate surface area is 159 Å². The molecule has 0 fully saturated rings. The van der Waals surface area contributed by atoms with E-state index in [0.717, 1.165) is 4.47 Å². The van der Waals surface area contributed by atoms with Crippen molar-refractivity contribution in [1.82, 2.24) is 4.57 Å². The Morgan fingerprint density at radius 3 is 2.19 bits per heavy atom. The van der Waals surface area contributed by atoms with Crippen LogP contribution in [0.1, 0.15) is 40.9 Å². The van der Waals surface area contributed by atoms with Gasteiger partial charge in [0.1, 0.15) is 5.69 Å². The number of amides is 2. The van der Waals surface area contributed by atoms with Crippen LogP contribution in [-0.2, 0) is 0 Å². The summed E-state index contributed by atoms with van der Waals surface area (Å²) in [7, 11) is 0. The standard InChI is InChI=1S/C19H18BrN3O3/c1-12(2)23-11-13(20)10-16(23)18(24)21-14-5-7-15(8-6-14)22-19(25)17-4-3-9-26-17/h3-12H,1-2H3,(H,21,24)(H,22,25). The summed E-state index contributed by atoms with van der Waals surface area (Å²) in [6.07, 6.45) is 3.33. The van der Waals surface area contributed by atoms with Crippen molar-refractivity contribution in [2.24, 2.45) is 0 Å². The molecule has 3 rings (SSSR count). The van der Waals surface area contributed by atoms with E-state index in [1.54, 1.807) is 42.5 Å². The number of carbonyl (C=O) groups excluding carboxylic acids is 2. The van der Waals surface area contributed by atoms with E-state index in [-0.39, 0.29) is 23.6 Å². The monoisotopic (exact) mass is 415 g/mol. The number of anilines is 2. The van der Waals surface area contributed by atoms with Crippen LogP contribution in [0.4, 0.5) is 11.4 Å². The molecule has 2 aromatic heterocycles. The normalized spacial score (nSPS) is 10.8. The topological polar surface area (TPSA) is 76.3 Å². The minimum absolute atomic E-state index is 0.168. The number of aromatic nitrogens is 1. The third-order valence-electron chi connectivity index (χ3n) is 3.75. The highest BCUT2D eigenvalue weighted by Crippen LogP contribution is 2.21. The number of hydrogen-bond acceptors (Lipinski definition) is 3. The minimum Gasteiger partial charge on any atom is -0.459 e. The number of nitrogens with one attached hydrogen (secondary N) is 2. The Kier molecular flexibility index (Phi) is 5.27. The number of halogens is 1. The van der Waals surface area contributed by atoms with Gasteiger partial charge in [0.15, 0.2) is 5.76 Å². The van der Waals surface area contributed by atoms with Gasteiger partial charge in [0, 0.05) is 28.1 Å². The molecular weight excluding hydrogens is 398 g/mol. The van der Waals surface area contributed by atoms with E-state index >= 15 is 0 Å². The molecule has 7 heteroatoms. The van der Waals surface area contributed by atoms with Crippen LogP contribution in [0, 0.1) is 0 Å². The van der Waals surface area contributed by atoms with Crippen molar-refractivity contribution in [3.63, 3.8) is 0 Å². The largest absolute Gasteiger partial charge is 0.459 e. The van der Waals surface area contributed by atoms with Crippen LogP contribution in [-0.4, -0.2) is 16.4 Å². The lowest BCUT2D eigenvalue weighted by molar-refractivity contribution is 0.0993. The molecule has 0 aliphatic heterocycles. The molecule has 0 aliphatic carbocycles. The maximum atomic E-state index is 12.5. The van der Waals surface area contributed by atoms with Crippen molar-refractivity contribution in [3.05, 3.63) is 70.9 Å². The van der Waals surface area contributed by atoms with Crippen LogP contribution in [0.2, 0.25) is 0 Å². The number of rotatable bonds is 5. The van der Waals surface area contributed by atoms with Gasteiger partial charge in [-0.15, -0.1) is 0 Å². The van der Waals surface area contributed by atoms with Gasteiger partial charge in [0.25, 0.3) is 11.8 Å². The highest BCUT2D eigenvalue weighted by atomic mass is 79.9. The molecule has 0 saturated carbocycles. The van der Waals surface area contributed by atoms with Crippen LogP contribution in [0.25, 0.3) is 0 Å². The maximum absolute atomic E-state index is 12.5. The van der Waals surface area contributed by atoms with E-state index in [4.69, 9.17) is 4.42 Å². The number of hydrogen-bond donors (Lipinski definition) is 2. The molecule has 6 nitrogen and oxygen atoms in total. The minimum atomic E-state index is -0.327. The fourth-order valence-corrected chi connectivity index (χ4v) is 2.92. The third kappa shape index (κ3) is 4.05. The second-order valence-corrected chi connectivity index (χ2v) is 6.92. The second kappa shape index (κ2) is 7.61. The average Bonchev–Trinajstić information content (AvgIpc) is 3.26. The molecule has 0 saturated heterocycles. The van der Waals surface area contributed by atoms with Crippen molar-refractivity contribution in [1.29, 1.82) is 0 Å². The molecule has 134 valence electrons. The first-order chi connectivity index (χ1) is 12.4. The summed E-state index contributed by atoms with van der Waals surface area (Å²) in [4.78, 5) is 24.5. The van der Waals surface area contributed by atoms with E-state index in [0.29, 0.717) is 17.1 Å². The van der Waals surface area contributed by atoms with Gasteiger partial charge in [0.2, 0.25) is 0 Å². The first-order valence-corrected chi connectivity index (χ1v) is 8.87. The van der Waals surface area contributed by atoms with Crippen molar-refractivity contribution < 1.29 is 14.0 Å². The van der Waals surface area contributed by atoms with Gasteiger partial charge in [-0.25, -0.2) is 0 Å². The smallest absolute Gasteiger partial charge is 0.291 e. The summed E-state index contributed by atoms with van der Waals surface area (Å²) in [6.45, 7) is 4.03. The van der Waals surface area contributed by atoms with E-state index < -0.39 is 0 Å². The summed E-state index contributed by atoms with van der Waals surface area (Å²) in [5.74, 6) is -0.287. The molecule has 26 heavy (non-hydrogen) atoms. The summed E-state index contributed by atoms with van der Waals surface area (Å²) >= 11 is 3.41. The zero-order chi connectivity index (χ0) is 18.7. The Balaban J connectivity index is 1.68. The highest BCUT2D eigenvalue weighted by molar-refractivity contribution is 9.10. The van der Waals surface area contributed by atoms with Gasteiger partial charge in [-0.1, -0.05) is 0 Å². The lowest BCUT2D eigenvalue weighted by Crippen LogP contribution is -2.17. The van der Waals surface area contributed by atoms with E-state index in [9.17, 15) is 9.59 Å². The lowest BCUT2D eigenvalue weighted by atomic mass is 10.2. The van der Waals surface area contributed by atoms with E-state index in [2.05, 4.69) is 26.6 Å². The zero-order valence-electron chi connectivity index (χ0n) is 14.3. The Hall–Kier alpha value is -2.80. The number of nitrogens with zero attached hydrogens (tertiary/aromatic N) is 1. The van der Waals surface area contributed by atoms with E-state index in [1.165, 1.54) is 6.26 Å². The van der Waals surface area contributed by atoms with Crippen molar-refractivity contribution in [3.8, 4) is 0 Å². The number of benzene rings is 1. The summed E-state index contributed by atoms with van der Waals surface area (Å²) in [6, 6.07) is 12.1. The predicted molar refractivity (Wildman–Crippen MR) is 104 cm³/mol. The van der Waals surface area contributed by atoms with Crippen molar-refractivity contribution >= 4 is 39.1 Å². The molecule has 0 radical (unpaired) electrons.